The highest BCUT2D eigenvalue weighted by molar-refractivity contribution is 5.81. The molecule has 0 aliphatic carbocycles. The highest BCUT2D eigenvalue weighted by atomic mass is 16.6. The quantitative estimate of drug-likeness (QED) is 0.391. The summed E-state index contributed by atoms with van der Waals surface area (Å²) in [6.45, 7) is 20.1. The number of unbranched alkanes of at least 4 members (excludes halogenated alkanes) is 1. The van der Waals surface area contributed by atoms with Gasteiger partial charge in [-0.3, -0.25) is 0 Å². The lowest BCUT2D eigenvalue weighted by molar-refractivity contribution is -0.148. The molecule has 0 saturated heterocycles. The SMILES string of the molecule is C=CC(=O)OC(C)(C)C.C=CC(=O)OCCCC.C=Cc1ccccc1.CCO. The van der Waals surface area contributed by atoms with E-state index in [4.69, 9.17) is 9.84 Å². The van der Waals surface area contributed by atoms with Crippen LogP contribution in [0.3, 0.4) is 0 Å². The topological polar surface area (TPSA) is 72.8 Å². The van der Waals surface area contributed by atoms with Crippen LogP contribution in [0, 0.1) is 0 Å². The Hall–Kier alpha value is -2.66. The monoisotopic (exact) mass is 406 g/mol. The lowest BCUT2D eigenvalue weighted by atomic mass is 10.2. The molecule has 5 heteroatoms. The Bertz CT molecular complexity index is 556. The van der Waals surface area contributed by atoms with E-state index in [1.807, 2.05) is 64.1 Å². The van der Waals surface area contributed by atoms with Crippen molar-refractivity contribution in [3.05, 3.63) is 67.8 Å². The predicted molar refractivity (Wildman–Crippen MR) is 121 cm³/mol. The van der Waals surface area contributed by atoms with Gasteiger partial charge < -0.3 is 14.6 Å². The van der Waals surface area contributed by atoms with Crippen molar-refractivity contribution in [2.45, 2.75) is 53.1 Å². The zero-order valence-electron chi connectivity index (χ0n) is 18.6. The molecule has 29 heavy (non-hydrogen) atoms. The number of carbonyl (C=O) groups excluding carboxylic acids is 2. The molecule has 0 unspecified atom stereocenters. The molecule has 1 aromatic rings. The van der Waals surface area contributed by atoms with Gasteiger partial charge in [0, 0.05) is 18.8 Å². The normalized spacial score (nSPS) is 8.90. The maximum absolute atomic E-state index is 10.5. The van der Waals surface area contributed by atoms with Gasteiger partial charge in [-0.1, -0.05) is 69.5 Å². The summed E-state index contributed by atoms with van der Waals surface area (Å²) >= 11 is 0. The molecule has 0 atom stereocenters. The van der Waals surface area contributed by atoms with Crippen LogP contribution >= 0.6 is 0 Å². The Morgan fingerprint density at radius 3 is 1.76 bits per heavy atom. The van der Waals surface area contributed by atoms with Gasteiger partial charge >= 0.3 is 11.9 Å². The third-order valence-electron chi connectivity index (χ3n) is 2.52. The van der Waals surface area contributed by atoms with Crippen LogP contribution in [0.5, 0.6) is 0 Å². The summed E-state index contributed by atoms with van der Waals surface area (Å²) in [5.41, 5.74) is 0.776. The maximum atomic E-state index is 10.5. The lowest BCUT2D eigenvalue weighted by Crippen LogP contribution is -2.22. The summed E-state index contributed by atoms with van der Waals surface area (Å²) in [4.78, 5) is 20.8. The molecule has 164 valence electrons. The summed E-state index contributed by atoms with van der Waals surface area (Å²) in [5.74, 6) is -0.703. The summed E-state index contributed by atoms with van der Waals surface area (Å²) in [5, 5.41) is 7.57. The molecule has 5 nitrogen and oxygen atoms in total. The molecule has 1 aromatic carbocycles. The average molecular weight is 407 g/mol. The minimum absolute atomic E-state index is 0.250. The lowest BCUT2D eigenvalue weighted by Gasteiger charge is -2.17. The molecule has 0 heterocycles. The molecule has 0 spiro atoms. The Labute approximate surface area is 176 Å². The maximum Gasteiger partial charge on any atom is 0.330 e. The number of carbonyl (C=O) groups is 2. The summed E-state index contributed by atoms with van der Waals surface area (Å²) < 4.78 is 9.50. The number of rotatable bonds is 6. The first-order valence-corrected chi connectivity index (χ1v) is 9.54. The smallest absolute Gasteiger partial charge is 0.330 e. The number of hydrogen-bond acceptors (Lipinski definition) is 5. The van der Waals surface area contributed by atoms with E-state index < -0.39 is 5.60 Å². The van der Waals surface area contributed by atoms with Crippen molar-refractivity contribution in [3.63, 3.8) is 0 Å². The average Bonchev–Trinajstić information content (AvgIpc) is 2.69. The van der Waals surface area contributed by atoms with Crippen molar-refractivity contribution in [2.75, 3.05) is 13.2 Å². The molecular weight excluding hydrogens is 368 g/mol. The number of aliphatic hydroxyl groups is 1. The van der Waals surface area contributed by atoms with Gasteiger partial charge in [-0.2, -0.15) is 0 Å². The number of benzene rings is 1. The van der Waals surface area contributed by atoms with E-state index in [1.54, 1.807) is 6.92 Å². The number of ether oxygens (including phenoxy) is 2. The first-order chi connectivity index (χ1) is 13.6. The van der Waals surface area contributed by atoms with E-state index in [9.17, 15) is 9.59 Å². The van der Waals surface area contributed by atoms with Crippen LogP contribution in [0.1, 0.15) is 53.0 Å². The molecule has 0 bridgehead atoms. The van der Waals surface area contributed by atoms with Crippen molar-refractivity contribution in [2.24, 2.45) is 0 Å². The third kappa shape index (κ3) is 30.3. The van der Waals surface area contributed by atoms with Crippen molar-refractivity contribution < 1.29 is 24.2 Å². The van der Waals surface area contributed by atoms with E-state index >= 15 is 0 Å². The Balaban J connectivity index is -0.000000327. The van der Waals surface area contributed by atoms with Crippen LogP contribution in [0.15, 0.2) is 62.2 Å². The van der Waals surface area contributed by atoms with Crippen LogP contribution in [0.2, 0.25) is 0 Å². The first kappa shape index (κ1) is 31.0. The minimum atomic E-state index is -0.398. The second kappa shape index (κ2) is 21.6. The van der Waals surface area contributed by atoms with Crippen molar-refractivity contribution >= 4 is 18.0 Å². The molecule has 1 rings (SSSR count). The number of hydrogen-bond donors (Lipinski definition) is 1. The van der Waals surface area contributed by atoms with Crippen LogP contribution in [-0.2, 0) is 19.1 Å². The minimum Gasteiger partial charge on any atom is -0.463 e. The van der Waals surface area contributed by atoms with Gasteiger partial charge in [-0.15, -0.1) is 0 Å². The fourth-order valence-corrected chi connectivity index (χ4v) is 1.31. The zero-order valence-corrected chi connectivity index (χ0v) is 18.6. The highest BCUT2D eigenvalue weighted by Gasteiger charge is 2.12. The molecule has 0 radical (unpaired) electrons. The van der Waals surface area contributed by atoms with E-state index in [2.05, 4.69) is 24.5 Å². The van der Waals surface area contributed by atoms with Gasteiger partial charge in [0.15, 0.2) is 0 Å². The van der Waals surface area contributed by atoms with E-state index in [-0.39, 0.29) is 18.5 Å². The summed E-state index contributed by atoms with van der Waals surface area (Å²) in [6.07, 6.45) is 6.14. The van der Waals surface area contributed by atoms with Crippen LogP contribution in [0.25, 0.3) is 6.08 Å². The van der Waals surface area contributed by atoms with Crippen LogP contribution < -0.4 is 0 Å². The van der Waals surface area contributed by atoms with Gasteiger partial charge in [0.05, 0.1) is 6.61 Å². The second-order valence-electron chi connectivity index (χ2n) is 6.39. The Kier molecular flexibility index (Phi) is 23.2. The van der Waals surface area contributed by atoms with Gasteiger partial charge in [-0.25, -0.2) is 9.59 Å². The van der Waals surface area contributed by atoms with Crippen LogP contribution in [0.4, 0.5) is 0 Å². The molecule has 1 N–H and O–H groups in total. The van der Waals surface area contributed by atoms with E-state index in [1.165, 1.54) is 11.6 Å². The third-order valence-corrected chi connectivity index (χ3v) is 2.52. The fourth-order valence-electron chi connectivity index (χ4n) is 1.31. The first-order valence-electron chi connectivity index (χ1n) is 9.54. The van der Waals surface area contributed by atoms with Gasteiger partial charge in [0.25, 0.3) is 0 Å². The Morgan fingerprint density at radius 2 is 1.48 bits per heavy atom. The van der Waals surface area contributed by atoms with Crippen molar-refractivity contribution in [1.82, 2.24) is 0 Å². The largest absolute Gasteiger partial charge is 0.463 e. The molecule has 0 amide bonds. The summed E-state index contributed by atoms with van der Waals surface area (Å²) in [7, 11) is 0. The predicted octanol–water partition coefficient (Wildman–Crippen LogP) is 5.36. The molecule has 0 aromatic heterocycles. The van der Waals surface area contributed by atoms with Crippen molar-refractivity contribution in [3.8, 4) is 0 Å². The van der Waals surface area contributed by atoms with Gasteiger partial charge in [0.2, 0.25) is 0 Å². The Morgan fingerprint density at radius 1 is 1.00 bits per heavy atom. The van der Waals surface area contributed by atoms with Crippen LogP contribution in [-0.4, -0.2) is 35.9 Å². The standard InChI is InChI=1S/C8H8.2C7H12O2.C2H6O/c1-2-8-6-4-3-5-7-8;1-5-6(8)9-7(2,3)4;1-3-5-6-9-7(8)4-2;1-2-3/h2-7H,1H2;5H,1H2,2-4H3;4H,2-3,5-6H2,1H3;3H,2H2,1H3. The number of esters is 2. The van der Waals surface area contributed by atoms with Crippen molar-refractivity contribution in [1.29, 1.82) is 0 Å². The molecular formula is C24H38O5. The number of aliphatic hydroxyl groups excluding tert-OH is 1. The molecule has 0 fully saturated rings. The van der Waals surface area contributed by atoms with Gasteiger partial charge in [0.1, 0.15) is 5.60 Å². The molecule has 0 saturated carbocycles. The second-order valence-corrected chi connectivity index (χ2v) is 6.39. The van der Waals surface area contributed by atoms with E-state index in [0.29, 0.717) is 6.61 Å². The van der Waals surface area contributed by atoms with Gasteiger partial charge in [-0.05, 0) is 39.7 Å². The zero-order chi connectivity index (χ0) is 23.1. The van der Waals surface area contributed by atoms with E-state index in [0.717, 1.165) is 18.9 Å². The summed E-state index contributed by atoms with van der Waals surface area (Å²) in [6, 6.07) is 10.0. The molecule has 0 aliphatic rings. The fraction of sp³-hybridized carbons (Fsp3) is 0.417. The molecule has 0 aliphatic heterocycles. The highest BCUT2D eigenvalue weighted by Crippen LogP contribution is 2.06.